The van der Waals surface area contributed by atoms with Gasteiger partial charge in [-0.3, -0.25) is 0 Å². The molecule has 1 fully saturated rings. The molecule has 0 atom stereocenters. The second-order valence-electron chi connectivity index (χ2n) is 2.93. The quantitative estimate of drug-likeness (QED) is 0.437. The van der Waals surface area contributed by atoms with Crippen molar-refractivity contribution in [3.05, 3.63) is 0 Å². The average Bonchev–Trinajstić information content (AvgIpc) is 2.67. The molecule has 1 aliphatic rings. The summed E-state index contributed by atoms with van der Waals surface area (Å²) in [5.41, 5.74) is 0. The second kappa shape index (κ2) is 3.35. The van der Waals surface area contributed by atoms with Crippen LogP contribution in [0.3, 0.4) is 0 Å². The van der Waals surface area contributed by atoms with Gasteiger partial charge in [-0.2, -0.15) is 9.78 Å². The van der Waals surface area contributed by atoms with Gasteiger partial charge >= 0.3 is 0 Å². The van der Waals surface area contributed by atoms with Crippen molar-refractivity contribution < 1.29 is 9.78 Å². The fraction of sp³-hybridized carbons (Fsp3) is 1.00. The largest absolute Gasteiger partial charge is 0.234 e. The summed E-state index contributed by atoms with van der Waals surface area (Å²) in [5.74, 6) is -0.148. The molecule has 0 aromatic rings. The summed E-state index contributed by atoms with van der Waals surface area (Å²) in [5, 5.41) is 0. The number of hydrogen-bond donors (Lipinski definition) is 0. The second-order valence-corrected chi connectivity index (χ2v) is 2.93. The van der Waals surface area contributed by atoms with E-state index >= 15 is 0 Å². The minimum Gasteiger partial charge on any atom is -0.195 e. The Labute approximate surface area is 62.4 Å². The molecule has 10 heavy (non-hydrogen) atoms. The molecule has 0 bridgehead atoms. The van der Waals surface area contributed by atoms with Gasteiger partial charge in [0, 0.05) is 12.8 Å². The van der Waals surface area contributed by atoms with Crippen LogP contribution in [0.4, 0.5) is 0 Å². The first-order valence-electron chi connectivity index (χ1n) is 4.20. The Morgan fingerprint density at radius 2 is 1.70 bits per heavy atom. The Morgan fingerprint density at radius 3 is 2.10 bits per heavy atom. The molecule has 1 heterocycles. The zero-order valence-electron chi connectivity index (χ0n) is 6.85. The van der Waals surface area contributed by atoms with Gasteiger partial charge in [0.2, 0.25) is 5.79 Å². The highest BCUT2D eigenvalue weighted by molar-refractivity contribution is 4.72. The summed E-state index contributed by atoms with van der Waals surface area (Å²) in [6.07, 6.45) is 5.69. The Bertz CT molecular complexity index is 97.4. The number of unbranched alkanes of at least 4 members (excludes halogenated alkanes) is 1. The van der Waals surface area contributed by atoms with E-state index in [-0.39, 0.29) is 5.79 Å². The lowest BCUT2D eigenvalue weighted by Gasteiger charge is -2.02. The van der Waals surface area contributed by atoms with E-state index in [0.717, 1.165) is 19.3 Å². The van der Waals surface area contributed by atoms with E-state index in [0.29, 0.717) is 0 Å². The van der Waals surface area contributed by atoms with Crippen LogP contribution < -0.4 is 0 Å². The topological polar surface area (TPSA) is 25.1 Å². The minimum absolute atomic E-state index is 0.148. The van der Waals surface area contributed by atoms with Gasteiger partial charge in [0.1, 0.15) is 0 Å². The van der Waals surface area contributed by atoms with E-state index in [1.165, 1.54) is 12.8 Å². The van der Waals surface area contributed by atoms with Crippen LogP contribution in [0.2, 0.25) is 0 Å². The predicted octanol–water partition coefficient (Wildman–Crippen LogP) is 2.63. The van der Waals surface area contributed by atoms with E-state index in [4.69, 9.17) is 9.78 Å². The van der Waals surface area contributed by atoms with Crippen LogP contribution in [0, 0.1) is 0 Å². The number of rotatable bonds is 5. The monoisotopic (exact) mass is 144 g/mol. The molecule has 2 heteroatoms. The summed E-state index contributed by atoms with van der Waals surface area (Å²) in [6, 6.07) is 0. The normalized spacial score (nSPS) is 21.0. The highest BCUT2D eigenvalue weighted by Crippen LogP contribution is 2.38. The van der Waals surface area contributed by atoms with Gasteiger partial charge < -0.3 is 0 Å². The van der Waals surface area contributed by atoms with Crippen molar-refractivity contribution in [3.8, 4) is 0 Å². The highest BCUT2D eigenvalue weighted by Gasteiger charge is 2.46. The van der Waals surface area contributed by atoms with Crippen LogP contribution in [-0.4, -0.2) is 5.79 Å². The maximum atomic E-state index is 4.94. The van der Waals surface area contributed by atoms with E-state index in [1.54, 1.807) is 0 Å². The maximum absolute atomic E-state index is 4.94. The molecule has 1 rings (SSSR count). The highest BCUT2D eigenvalue weighted by atomic mass is 17.4. The molecule has 0 aromatic heterocycles. The molecule has 1 aliphatic heterocycles. The molecule has 0 saturated carbocycles. The Kier molecular flexibility index (Phi) is 2.69. The third-order valence-electron chi connectivity index (χ3n) is 1.86. The van der Waals surface area contributed by atoms with Gasteiger partial charge in [-0.15, -0.1) is 0 Å². The lowest BCUT2D eigenvalue weighted by atomic mass is 10.1. The van der Waals surface area contributed by atoms with Crippen molar-refractivity contribution >= 4 is 0 Å². The van der Waals surface area contributed by atoms with Gasteiger partial charge in [-0.1, -0.05) is 26.7 Å². The van der Waals surface area contributed by atoms with Crippen LogP contribution in [0.5, 0.6) is 0 Å². The van der Waals surface area contributed by atoms with Crippen LogP contribution in [0.1, 0.15) is 46.0 Å². The summed E-state index contributed by atoms with van der Waals surface area (Å²) in [4.78, 5) is 9.88. The Balaban J connectivity index is 2.11. The van der Waals surface area contributed by atoms with E-state index in [9.17, 15) is 0 Å². The first-order chi connectivity index (χ1) is 4.83. The number of hydrogen-bond acceptors (Lipinski definition) is 2. The van der Waals surface area contributed by atoms with Crippen molar-refractivity contribution in [2.75, 3.05) is 0 Å². The zero-order chi connectivity index (χ0) is 7.45. The van der Waals surface area contributed by atoms with Gasteiger partial charge in [-0.05, 0) is 6.42 Å². The zero-order valence-corrected chi connectivity index (χ0v) is 6.85. The summed E-state index contributed by atoms with van der Waals surface area (Å²) in [7, 11) is 0. The smallest absolute Gasteiger partial charge is 0.195 e. The third-order valence-corrected chi connectivity index (χ3v) is 1.86. The van der Waals surface area contributed by atoms with Crippen LogP contribution >= 0.6 is 0 Å². The molecule has 0 amide bonds. The van der Waals surface area contributed by atoms with Gasteiger partial charge in [-0.25, -0.2) is 0 Å². The van der Waals surface area contributed by atoms with Gasteiger partial charge in [0.15, 0.2) is 0 Å². The molecule has 0 radical (unpaired) electrons. The Morgan fingerprint density at radius 1 is 1.00 bits per heavy atom. The summed E-state index contributed by atoms with van der Waals surface area (Å²) < 4.78 is 0. The SMILES string of the molecule is CCCCC1(CCC)OO1. The molecule has 60 valence electrons. The minimum atomic E-state index is -0.148. The lowest BCUT2D eigenvalue weighted by molar-refractivity contribution is 0.0850. The first kappa shape index (κ1) is 8.02. The van der Waals surface area contributed by atoms with E-state index in [2.05, 4.69) is 13.8 Å². The molecule has 0 unspecified atom stereocenters. The fourth-order valence-corrected chi connectivity index (χ4v) is 1.18. The average molecular weight is 144 g/mol. The van der Waals surface area contributed by atoms with Crippen molar-refractivity contribution in [2.45, 2.75) is 51.7 Å². The van der Waals surface area contributed by atoms with Crippen LogP contribution in [0.15, 0.2) is 0 Å². The lowest BCUT2D eigenvalue weighted by Crippen LogP contribution is -2.08. The van der Waals surface area contributed by atoms with Crippen molar-refractivity contribution in [1.82, 2.24) is 0 Å². The fourth-order valence-electron chi connectivity index (χ4n) is 1.18. The van der Waals surface area contributed by atoms with E-state index in [1.807, 2.05) is 0 Å². The molecule has 0 spiro atoms. The molecule has 0 N–H and O–H groups in total. The molecule has 0 aliphatic carbocycles. The van der Waals surface area contributed by atoms with Crippen molar-refractivity contribution in [1.29, 1.82) is 0 Å². The molecule has 0 aromatic carbocycles. The standard InChI is InChI=1S/C8H16O2/c1-3-5-7-8(6-4-2)9-10-8/h3-7H2,1-2H3. The Hall–Kier alpha value is -0.0800. The molecular weight excluding hydrogens is 128 g/mol. The van der Waals surface area contributed by atoms with Crippen molar-refractivity contribution in [3.63, 3.8) is 0 Å². The van der Waals surface area contributed by atoms with Crippen LogP contribution in [-0.2, 0) is 9.78 Å². The molecule has 1 saturated heterocycles. The van der Waals surface area contributed by atoms with Gasteiger partial charge in [0.25, 0.3) is 0 Å². The first-order valence-corrected chi connectivity index (χ1v) is 4.20. The maximum Gasteiger partial charge on any atom is 0.234 e. The molecular formula is C8H16O2. The third kappa shape index (κ3) is 1.96. The van der Waals surface area contributed by atoms with Crippen molar-refractivity contribution in [2.24, 2.45) is 0 Å². The van der Waals surface area contributed by atoms with E-state index < -0.39 is 0 Å². The summed E-state index contributed by atoms with van der Waals surface area (Å²) in [6.45, 7) is 4.33. The van der Waals surface area contributed by atoms with Crippen LogP contribution in [0.25, 0.3) is 0 Å². The summed E-state index contributed by atoms with van der Waals surface area (Å²) >= 11 is 0. The predicted molar refractivity (Wildman–Crippen MR) is 39.3 cm³/mol. The molecule has 2 nitrogen and oxygen atoms in total. The van der Waals surface area contributed by atoms with Gasteiger partial charge in [0.05, 0.1) is 0 Å².